The number of unbranched alkanes of at least 4 members (excludes halogenated alkanes) is 1. The molecule has 128 valence electrons. The molecule has 2 fully saturated rings. The monoisotopic (exact) mass is 336 g/mol. The molecule has 0 bridgehead atoms. The van der Waals surface area contributed by atoms with Crippen molar-refractivity contribution in [3.63, 3.8) is 0 Å². The van der Waals surface area contributed by atoms with Gasteiger partial charge in [0.15, 0.2) is 0 Å². The van der Waals surface area contributed by atoms with E-state index in [1.165, 1.54) is 17.5 Å². The van der Waals surface area contributed by atoms with Crippen LogP contribution in [0.4, 0.5) is 0 Å². The molecule has 1 saturated carbocycles. The zero-order valence-corrected chi connectivity index (χ0v) is 14.9. The minimum Gasteiger partial charge on any atom is -0.342 e. The van der Waals surface area contributed by atoms with Crippen LogP contribution in [0.3, 0.4) is 0 Å². The van der Waals surface area contributed by atoms with E-state index >= 15 is 0 Å². The van der Waals surface area contributed by atoms with Gasteiger partial charge in [-0.25, -0.2) is 0 Å². The lowest BCUT2D eigenvalue weighted by Crippen LogP contribution is -2.33. The molecule has 1 amide bonds. The fraction of sp³-hybridized carbons (Fsp3) is 0.632. The second-order valence-corrected chi connectivity index (χ2v) is 7.16. The molecular weight excluding hydrogens is 308 g/mol. The highest BCUT2D eigenvalue weighted by molar-refractivity contribution is 5.85. The van der Waals surface area contributed by atoms with Crippen molar-refractivity contribution in [1.82, 2.24) is 4.90 Å². The third-order valence-electron chi connectivity index (χ3n) is 5.49. The third-order valence-corrected chi connectivity index (χ3v) is 5.49. The number of carbonyl (C=O) groups excluding carboxylic acids is 1. The largest absolute Gasteiger partial charge is 0.342 e. The molecule has 2 N–H and O–H groups in total. The Balaban J connectivity index is 0.00000192. The first-order chi connectivity index (χ1) is 10.6. The van der Waals surface area contributed by atoms with Crippen molar-refractivity contribution in [3.8, 4) is 0 Å². The first-order valence-electron chi connectivity index (χ1n) is 8.72. The lowest BCUT2D eigenvalue weighted by molar-refractivity contribution is -0.130. The summed E-state index contributed by atoms with van der Waals surface area (Å²) in [5.41, 5.74) is 8.82. The molecule has 2 aliphatic rings. The highest BCUT2D eigenvalue weighted by Crippen LogP contribution is 2.37. The van der Waals surface area contributed by atoms with Crippen LogP contribution in [0.1, 0.15) is 43.2 Å². The Labute approximate surface area is 146 Å². The number of halogens is 1. The van der Waals surface area contributed by atoms with Gasteiger partial charge in [0.25, 0.3) is 0 Å². The number of carbonyl (C=O) groups is 1. The second-order valence-electron chi connectivity index (χ2n) is 7.16. The van der Waals surface area contributed by atoms with Gasteiger partial charge in [-0.05, 0) is 56.4 Å². The Kier molecular flexibility index (Phi) is 6.49. The zero-order chi connectivity index (χ0) is 15.5. The zero-order valence-electron chi connectivity index (χ0n) is 14.0. The van der Waals surface area contributed by atoms with Gasteiger partial charge in [0.1, 0.15) is 0 Å². The number of aryl methyl sites for hydroxylation is 2. The van der Waals surface area contributed by atoms with Crippen molar-refractivity contribution in [2.75, 3.05) is 13.1 Å². The molecule has 1 heterocycles. The van der Waals surface area contributed by atoms with Crippen molar-refractivity contribution < 1.29 is 4.79 Å². The first kappa shape index (κ1) is 18.3. The summed E-state index contributed by atoms with van der Waals surface area (Å²) in [5.74, 6) is 1.58. The summed E-state index contributed by atoms with van der Waals surface area (Å²) in [4.78, 5) is 14.4. The molecule has 1 saturated heterocycles. The van der Waals surface area contributed by atoms with Crippen LogP contribution in [-0.2, 0) is 11.2 Å². The molecule has 1 aromatic carbocycles. The van der Waals surface area contributed by atoms with E-state index in [9.17, 15) is 4.79 Å². The number of rotatable bonds is 5. The van der Waals surface area contributed by atoms with Gasteiger partial charge in [-0.3, -0.25) is 4.79 Å². The maximum atomic E-state index is 12.3. The highest BCUT2D eigenvalue weighted by Gasteiger charge is 2.42. The molecule has 3 unspecified atom stereocenters. The van der Waals surface area contributed by atoms with Gasteiger partial charge < -0.3 is 10.6 Å². The predicted octanol–water partition coefficient (Wildman–Crippen LogP) is 3.33. The summed E-state index contributed by atoms with van der Waals surface area (Å²) in [5, 5.41) is 0. The van der Waals surface area contributed by atoms with E-state index in [2.05, 4.69) is 36.1 Å². The Morgan fingerprint density at radius 2 is 1.91 bits per heavy atom. The SMILES string of the molecule is Cc1ccc(CCCCC(=O)N2CC3CCC(N)C3C2)cc1.Cl. The van der Waals surface area contributed by atoms with Crippen LogP contribution < -0.4 is 5.73 Å². The number of fused-ring (bicyclic) bond motifs is 1. The van der Waals surface area contributed by atoms with Crippen LogP contribution in [0.25, 0.3) is 0 Å². The molecule has 3 rings (SSSR count). The summed E-state index contributed by atoms with van der Waals surface area (Å²) in [6, 6.07) is 9.03. The van der Waals surface area contributed by atoms with E-state index in [1.807, 2.05) is 0 Å². The number of hydrogen-bond donors (Lipinski definition) is 1. The van der Waals surface area contributed by atoms with Gasteiger partial charge in [-0.1, -0.05) is 29.8 Å². The minimum atomic E-state index is 0. The molecule has 23 heavy (non-hydrogen) atoms. The maximum Gasteiger partial charge on any atom is 0.222 e. The lowest BCUT2D eigenvalue weighted by atomic mass is 9.98. The fourth-order valence-electron chi connectivity index (χ4n) is 4.03. The highest BCUT2D eigenvalue weighted by atomic mass is 35.5. The van der Waals surface area contributed by atoms with Crippen LogP contribution in [0.2, 0.25) is 0 Å². The molecule has 0 radical (unpaired) electrons. The normalized spacial score (nSPS) is 26.0. The van der Waals surface area contributed by atoms with Crippen LogP contribution >= 0.6 is 12.4 Å². The third kappa shape index (κ3) is 4.48. The molecule has 0 spiro atoms. The number of nitrogens with zero attached hydrogens (tertiary/aromatic N) is 1. The van der Waals surface area contributed by atoms with Crippen LogP contribution in [0, 0.1) is 18.8 Å². The maximum absolute atomic E-state index is 12.3. The number of hydrogen-bond acceptors (Lipinski definition) is 2. The summed E-state index contributed by atoms with van der Waals surface area (Å²) >= 11 is 0. The molecule has 4 heteroatoms. The molecule has 3 nitrogen and oxygen atoms in total. The average molecular weight is 337 g/mol. The lowest BCUT2D eigenvalue weighted by Gasteiger charge is -2.18. The summed E-state index contributed by atoms with van der Waals surface area (Å²) in [6.07, 6.45) is 6.21. The van der Waals surface area contributed by atoms with Crippen molar-refractivity contribution in [2.24, 2.45) is 17.6 Å². The van der Waals surface area contributed by atoms with Gasteiger partial charge in [-0.2, -0.15) is 0 Å². The predicted molar refractivity (Wildman–Crippen MR) is 96.8 cm³/mol. The number of amides is 1. The number of likely N-dealkylation sites (tertiary alicyclic amines) is 1. The molecule has 1 aliphatic carbocycles. The van der Waals surface area contributed by atoms with E-state index < -0.39 is 0 Å². The van der Waals surface area contributed by atoms with Crippen LogP contribution in [-0.4, -0.2) is 29.9 Å². The second kappa shape index (κ2) is 8.16. The molecule has 3 atom stereocenters. The van der Waals surface area contributed by atoms with Crippen LogP contribution in [0.15, 0.2) is 24.3 Å². The van der Waals surface area contributed by atoms with Gasteiger partial charge in [0.2, 0.25) is 5.91 Å². The van der Waals surface area contributed by atoms with Crippen molar-refractivity contribution in [3.05, 3.63) is 35.4 Å². The molecule has 1 aromatic rings. The molecule has 0 aromatic heterocycles. The van der Waals surface area contributed by atoms with E-state index in [1.54, 1.807) is 0 Å². The number of nitrogens with two attached hydrogens (primary N) is 1. The van der Waals surface area contributed by atoms with Crippen molar-refractivity contribution in [2.45, 2.75) is 51.5 Å². The van der Waals surface area contributed by atoms with Crippen molar-refractivity contribution >= 4 is 18.3 Å². The summed E-state index contributed by atoms with van der Waals surface area (Å²) in [6.45, 7) is 3.97. The quantitative estimate of drug-likeness (QED) is 0.838. The fourth-order valence-corrected chi connectivity index (χ4v) is 4.03. The average Bonchev–Trinajstić information content (AvgIpc) is 3.08. The molecular formula is C19H29ClN2O. The first-order valence-corrected chi connectivity index (χ1v) is 8.72. The van der Waals surface area contributed by atoms with E-state index in [4.69, 9.17) is 5.73 Å². The summed E-state index contributed by atoms with van der Waals surface area (Å²) in [7, 11) is 0. The van der Waals surface area contributed by atoms with Gasteiger partial charge >= 0.3 is 0 Å². The Morgan fingerprint density at radius 1 is 1.17 bits per heavy atom. The number of benzene rings is 1. The van der Waals surface area contributed by atoms with Gasteiger partial charge in [0, 0.05) is 25.6 Å². The summed E-state index contributed by atoms with van der Waals surface area (Å²) < 4.78 is 0. The Morgan fingerprint density at radius 3 is 2.61 bits per heavy atom. The van der Waals surface area contributed by atoms with Crippen LogP contribution in [0.5, 0.6) is 0 Å². The Bertz CT molecular complexity index is 517. The van der Waals surface area contributed by atoms with Gasteiger partial charge in [-0.15, -0.1) is 12.4 Å². The van der Waals surface area contributed by atoms with E-state index in [0.29, 0.717) is 30.2 Å². The minimum absolute atomic E-state index is 0. The topological polar surface area (TPSA) is 46.3 Å². The smallest absolute Gasteiger partial charge is 0.222 e. The standard InChI is InChI=1S/C19H28N2O.ClH/c1-14-6-8-15(9-7-14)4-2-3-5-19(22)21-12-16-10-11-18(20)17(16)13-21;/h6-9,16-18H,2-5,10-13,20H2,1H3;1H. The van der Waals surface area contributed by atoms with E-state index in [0.717, 1.165) is 38.8 Å². The Hall–Kier alpha value is -1.06. The van der Waals surface area contributed by atoms with E-state index in [-0.39, 0.29) is 12.4 Å². The molecule has 1 aliphatic heterocycles. The van der Waals surface area contributed by atoms with Crippen molar-refractivity contribution in [1.29, 1.82) is 0 Å². The van der Waals surface area contributed by atoms with Gasteiger partial charge in [0.05, 0.1) is 0 Å².